The van der Waals surface area contributed by atoms with Gasteiger partial charge in [0.05, 0.1) is 11.5 Å². The molecule has 0 radical (unpaired) electrons. The lowest BCUT2D eigenvalue weighted by molar-refractivity contribution is 0.134. The number of anilines is 2. The molecule has 1 N–H and O–H groups in total. The zero-order chi connectivity index (χ0) is 28.2. The molecule has 0 bridgehead atoms. The van der Waals surface area contributed by atoms with Crippen molar-refractivity contribution in [1.29, 1.82) is 0 Å². The van der Waals surface area contributed by atoms with Crippen LogP contribution in [-0.4, -0.2) is 37.2 Å². The van der Waals surface area contributed by atoms with Crippen molar-refractivity contribution < 1.29 is 17.7 Å². The van der Waals surface area contributed by atoms with E-state index in [1.165, 1.54) is 0 Å². The smallest absolute Gasteiger partial charge is 0.263 e. The van der Waals surface area contributed by atoms with Gasteiger partial charge in [0.15, 0.2) is 5.82 Å². The lowest BCUT2D eigenvalue weighted by Gasteiger charge is -2.21. The lowest BCUT2D eigenvalue weighted by atomic mass is 9.97. The second-order valence-electron chi connectivity index (χ2n) is 9.44. The number of nitrogens with one attached hydrogen (secondary N) is 1. The molecule has 4 aromatic rings. The maximum absolute atomic E-state index is 13.5. The van der Waals surface area contributed by atoms with Crippen molar-refractivity contribution in [3.63, 3.8) is 0 Å². The van der Waals surface area contributed by atoms with Crippen LogP contribution in [0.3, 0.4) is 0 Å². The fourth-order valence-corrected chi connectivity index (χ4v) is 5.56. The maximum atomic E-state index is 13.5. The van der Waals surface area contributed by atoms with Crippen LogP contribution in [0.5, 0.6) is 0 Å². The molecule has 2 aromatic carbocycles. The Morgan fingerprint density at radius 3 is 2.46 bits per heavy atom. The molecule has 0 fully saturated rings. The highest BCUT2D eigenvalue weighted by Crippen LogP contribution is 2.33. The number of nitrogens with zero attached hydrogens (tertiary/aromatic N) is 4. The number of aryl methyl sites for hydroxylation is 3. The molecule has 0 unspecified atom stereocenters. The minimum Gasteiger partial charge on any atom is -0.377 e. The van der Waals surface area contributed by atoms with Gasteiger partial charge in [-0.1, -0.05) is 48.5 Å². The number of rotatable bonds is 11. The van der Waals surface area contributed by atoms with Crippen LogP contribution in [0.1, 0.15) is 47.8 Å². The van der Waals surface area contributed by atoms with E-state index < -0.39 is 10.0 Å². The highest BCUT2D eigenvalue weighted by atomic mass is 32.2. The summed E-state index contributed by atoms with van der Waals surface area (Å²) >= 11 is 0. The van der Waals surface area contributed by atoms with Gasteiger partial charge in [-0.2, -0.15) is 0 Å². The summed E-state index contributed by atoms with van der Waals surface area (Å²) in [6, 6.07) is 14.9. The largest absolute Gasteiger partial charge is 0.377 e. The van der Waals surface area contributed by atoms with Gasteiger partial charge in [-0.25, -0.2) is 18.4 Å². The average Bonchev–Trinajstić information content (AvgIpc) is 3.23. The van der Waals surface area contributed by atoms with Gasteiger partial charge in [0.1, 0.15) is 17.4 Å². The number of ether oxygens (including phenoxy) is 1. The van der Waals surface area contributed by atoms with Crippen LogP contribution in [0.4, 0.5) is 11.6 Å². The van der Waals surface area contributed by atoms with E-state index in [1.54, 1.807) is 26.0 Å². The Kier molecular flexibility index (Phi) is 8.66. The first-order chi connectivity index (χ1) is 18.6. The molecule has 2 aromatic heterocycles. The van der Waals surface area contributed by atoms with E-state index in [0.29, 0.717) is 36.6 Å². The summed E-state index contributed by atoms with van der Waals surface area (Å²) in [6.45, 7) is 10.9. The zero-order valence-corrected chi connectivity index (χ0v) is 24.1. The Hall–Kier alpha value is -3.76. The van der Waals surface area contributed by atoms with Crippen LogP contribution in [0, 0.1) is 20.8 Å². The minimum atomic E-state index is -3.95. The van der Waals surface area contributed by atoms with E-state index in [2.05, 4.69) is 30.8 Å². The average molecular weight is 550 g/mol. The third kappa shape index (κ3) is 6.46. The van der Waals surface area contributed by atoms with Gasteiger partial charge < -0.3 is 14.2 Å². The van der Waals surface area contributed by atoms with Crippen LogP contribution in [0.15, 0.2) is 57.9 Å². The number of sulfonamides is 1. The van der Waals surface area contributed by atoms with Gasteiger partial charge in [0.25, 0.3) is 10.0 Å². The summed E-state index contributed by atoms with van der Waals surface area (Å²) in [5, 5.41) is 3.87. The highest BCUT2D eigenvalue weighted by Gasteiger charge is 2.23. The monoisotopic (exact) mass is 549 g/mol. The molecule has 9 nitrogen and oxygen atoms in total. The summed E-state index contributed by atoms with van der Waals surface area (Å²) in [6.07, 6.45) is 0.767. The van der Waals surface area contributed by atoms with Crippen molar-refractivity contribution in [3.05, 3.63) is 82.5 Å². The summed E-state index contributed by atoms with van der Waals surface area (Å²) in [7, 11) is -1.95. The predicted molar refractivity (Wildman–Crippen MR) is 152 cm³/mol. The molecule has 0 aliphatic carbocycles. The Labute approximate surface area is 230 Å². The highest BCUT2D eigenvalue weighted by molar-refractivity contribution is 7.92. The first kappa shape index (κ1) is 28.3. The molecule has 0 spiro atoms. The third-order valence-corrected chi connectivity index (χ3v) is 7.90. The molecule has 206 valence electrons. The maximum Gasteiger partial charge on any atom is 0.263 e. The normalized spacial score (nSPS) is 11.5. The Morgan fingerprint density at radius 1 is 1.00 bits per heavy atom. The third-order valence-electron chi connectivity index (χ3n) is 6.50. The van der Waals surface area contributed by atoms with E-state index in [1.807, 2.05) is 58.2 Å². The van der Waals surface area contributed by atoms with Gasteiger partial charge >= 0.3 is 0 Å². The van der Waals surface area contributed by atoms with Gasteiger partial charge in [-0.3, -0.25) is 4.72 Å². The van der Waals surface area contributed by atoms with Crippen LogP contribution in [-0.2, 0) is 34.3 Å². The minimum absolute atomic E-state index is 0.149. The van der Waals surface area contributed by atoms with Crippen LogP contribution < -0.4 is 9.62 Å². The van der Waals surface area contributed by atoms with Gasteiger partial charge in [0, 0.05) is 49.5 Å². The molecule has 0 aliphatic rings. The van der Waals surface area contributed by atoms with Crippen molar-refractivity contribution in [2.24, 2.45) is 0 Å². The Balaban J connectivity index is 1.70. The summed E-state index contributed by atoms with van der Waals surface area (Å²) in [4.78, 5) is 11.4. The van der Waals surface area contributed by atoms with Crippen molar-refractivity contribution in [3.8, 4) is 11.1 Å². The molecular weight excluding hydrogens is 514 g/mol. The van der Waals surface area contributed by atoms with E-state index in [4.69, 9.17) is 9.26 Å². The Bertz CT molecular complexity index is 1570. The first-order valence-corrected chi connectivity index (χ1v) is 14.4. The van der Waals surface area contributed by atoms with Gasteiger partial charge in [-0.05, 0) is 50.5 Å². The fourth-order valence-electron chi connectivity index (χ4n) is 4.28. The molecule has 4 rings (SSSR count). The predicted octanol–water partition coefficient (Wildman–Crippen LogP) is 5.59. The van der Waals surface area contributed by atoms with Crippen molar-refractivity contribution in [1.82, 2.24) is 15.1 Å². The second kappa shape index (κ2) is 12.0. The van der Waals surface area contributed by atoms with E-state index in [-0.39, 0.29) is 10.7 Å². The molecule has 0 aliphatic heterocycles. The Morgan fingerprint density at radius 2 is 1.77 bits per heavy atom. The first-order valence-electron chi connectivity index (χ1n) is 12.9. The summed E-state index contributed by atoms with van der Waals surface area (Å²) in [5.41, 5.74) is 4.89. The van der Waals surface area contributed by atoms with E-state index >= 15 is 0 Å². The summed E-state index contributed by atoms with van der Waals surface area (Å²) < 4.78 is 40.5. The number of hydrogen-bond donors (Lipinski definition) is 1. The SMILES string of the molecule is CCOCc1cc(CN(C)c2cc(C)nc(CC)n2)ccc1-c1ccccc1S(=O)(=O)Nc1noc(C)c1C. The number of benzene rings is 2. The van der Waals surface area contributed by atoms with Crippen molar-refractivity contribution in [2.75, 3.05) is 23.3 Å². The topological polar surface area (TPSA) is 110 Å². The van der Waals surface area contributed by atoms with Crippen molar-refractivity contribution >= 4 is 21.7 Å². The van der Waals surface area contributed by atoms with E-state index in [0.717, 1.165) is 40.4 Å². The molecule has 0 atom stereocenters. The molecule has 10 heteroatoms. The molecule has 0 amide bonds. The van der Waals surface area contributed by atoms with Crippen LogP contribution in [0.2, 0.25) is 0 Å². The summed E-state index contributed by atoms with van der Waals surface area (Å²) in [5.74, 6) is 2.41. The van der Waals surface area contributed by atoms with Crippen LogP contribution >= 0.6 is 0 Å². The zero-order valence-electron chi connectivity index (χ0n) is 23.3. The molecular formula is C29H35N5O4S. The molecule has 39 heavy (non-hydrogen) atoms. The number of aromatic nitrogens is 3. The van der Waals surface area contributed by atoms with Crippen LogP contribution in [0.25, 0.3) is 11.1 Å². The lowest BCUT2D eigenvalue weighted by Crippen LogP contribution is -2.19. The molecule has 0 saturated heterocycles. The van der Waals surface area contributed by atoms with Gasteiger partial charge in [-0.15, -0.1) is 0 Å². The number of hydrogen-bond acceptors (Lipinski definition) is 8. The molecule has 2 heterocycles. The van der Waals surface area contributed by atoms with Gasteiger partial charge in [0.2, 0.25) is 0 Å². The quantitative estimate of drug-likeness (QED) is 0.258. The van der Waals surface area contributed by atoms with E-state index in [9.17, 15) is 8.42 Å². The van der Waals surface area contributed by atoms with Crippen molar-refractivity contribution in [2.45, 2.75) is 59.1 Å². The standard InChI is InChI=1S/C29H35N5O4S/c1-7-27-30-19(3)15-28(31-27)34(6)17-22-13-14-24(23(16-22)18-37-8-2)25-11-9-10-12-26(25)39(35,36)33-29-20(4)21(5)38-32-29/h9-16H,7-8,17-18H2,1-6H3,(H,32,33). The molecule has 0 saturated carbocycles. The second-order valence-corrected chi connectivity index (χ2v) is 11.1. The fraction of sp³-hybridized carbons (Fsp3) is 0.345.